The molecule has 0 aromatic carbocycles. The van der Waals surface area contributed by atoms with Crippen LogP contribution in [-0.4, -0.2) is 49.6 Å². The van der Waals surface area contributed by atoms with Gasteiger partial charge < -0.3 is 15.0 Å². The molecule has 16 heavy (non-hydrogen) atoms. The number of nitrogens with one attached hydrogen (secondary N) is 1. The highest BCUT2D eigenvalue weighted by atomic mass is 16.5. The van der Waals surface area contributed by atoms with Crippen molar-refractivity contribution in [2.75, 3.05) is 38.2 Å². The molecule has 0 spiro atoms. The van der Waals surface area contributed by atoms with E-state index in [0.717, 1.165) is 37.8 Å². The van der Waals surface area contributed by atoms with Gasteiger partial charge in [0.05, 0.1) is 18.4 Å². The van der Waals surface area contributed by atoms with Gasteiger partial charge in [0.25, 0.3) is 0 Å². The summed E-state index contributed by atoms with van der Waals surface area (Å²) < 4.78 is 5.64. The van der Waals surface area contributed by atoms with E-state index in [1.165, 1.54) is 0 Å². The van der Waals surface area contributed by atoms with Crippen molar-refractivity contribution in [2.45, 2.75) is 13.0 Å². The molecule has 1 saturated heterocycles. The predicted octanol–water partition coefficient (Wildman–Crippen LogP) is 0.210. The molecule has 0 radical (unpaired) electrons. The molecule has 1 aromatic heterocycles. The first-order chi connectivity index (χ1) is 7.79. The van der Waals surface area contributed by atoms with Gasteiger partial charge in [0, 0.05) is 19.6 Å². The zero-order valence-corrected chi connectivity index (χ0v) is 9.81. The van der Waals surface area contributed by atoms with E-state index in [9.17, 15) is 0 Å². The fraction of sp³-hybridized carbons (Fsp3) is 0.636. The van der Waals surface area contributed by atoms with Crippen LogP contribution < -0.4 is 10.2 Å². The molecule has 2 rings (SSSR count). The number of rotatable bonds is 3. The van der Waals surface area contributed by atoms with Crippen LogP contribution in [0.2, 0.25) is 0 Å². The molecular weight excluding hydrogens is 204 g/mol. The van der Waals surface area contributed by atoms with Crippen LogP contribution >= 0.6 is 0 Å². The number of ether oxygens (including phenoxy) is 1. The second-order valence-corrected chi connectivity index (χ2v) is 4.03. The van der Waals surface area contributed by atoms with Gasteiger partial charge in [-0.25, -0.2) is 0 Å². The Morgan fingerprint density at radius 1 is 1.50 bits per heavy atom. The highest BCUT2D eigenvalue weighted by Crippen LogP contribution is 2.13. The average molecular weight is 222 g/mol. The van der Waals surface area contributed by atoms with E-state index in [-0.39, 0.29) is 6.10 Å². The van der Waals surface area contributed by atoms with Gasteiger partial charge in [0.15, 0.2) is 5.82 Å². The normalized spacial score (nSPS) is 21.1. The fourth-order valence-electron chi connectivity index (χ4n) is 1.84. The van der Waals surface area contributed by atoms with Gasteiger partial charge in [-0.1, -0.05) is 0 Å². The second-order valence-electron chi connectivity index (χ2n) is 4.03. The summed E-state index contributed by atoms with van der Waals surface area (Å²) in [6.45, 7) is 5.33. The standard InChI is InChI=1S/C11H18N4O/c1-9-3-4-11(14-13-9)15-5-6-16-10(8-15)7-12-2/h3-4,10,12H,5-8H2,1-2H3. The first-order valence-electron chi connectivity index (χ1n) is 5.61. The van der Waals surface area contributed by atoms with E-state index in [2.05, 4.69) is 20.4 Å². The monoisotopic (exact) mass is 222 g/mol. The van der Waals surface area contributed by atoms with Gasteiger partial charge in [0.1, 0.15) is 0 Å². The van der Waals surface area contributed by atoms with Crippen LogP contribution in [-0.2, 0) is 4.74 Å². The van der Waals surface area contributed by atoms with Crippen LogP contribution in [0.1, 0.15) is 5.69 Å². The summed E-state index contributed by atoms with van der Waals surface area (Å²) in [5.74, 6) is 0.940. The van der Waals surface area contributed by atoms with E-state index in [0.29, 0.717) is 0 Å². The molecule has 2 heterocycles. The number of hydrogen-bond donors (Lipinski definition) is 1. The maximum absolute atomic E-state index is 5.64. The zero-order chi connectivity index (χ0) is 11.4. The van der Waals surface area contributed by atoms with Gasteiger partial charge in [-0.15, -0.1) is 5.10 Å². The van der Waals surface area contributed by atoms with Crippen molar-refractivity contribution in [2.24, 2.45) is 0 Å². The van der Waals surface area contributed by atoms with E-state index >= 15 is 0 Å². The van der Waals surface area contributed by atoms with Crippen molar-refractivity contribution in [1.82, 2.24) is 15.5 Å². The van der Waals surface area contributed by atoms with Crippen molar-refractivity contribution < 1.29 is 4.74 Å². The van der Waals surface area contributed by atoms with Crippen molar-refractivity contribution in [3.63, 3.8) is 0 Å². The summed E-state index contributed by atoms with van der Waals surface area (Å²) in [7, 11) is 1.94. The highest BCUT2D eigenvalue weighted by molar-refractivity contribution is 5.37. The minimum Gasteiger partial charge on any atom is -0.373 e. The Bertz CT molecular complexity index is 325. The van der Waals surface area contributed by atoms with Gasteiger partial charge in [-0.2, -0.15) is 5.10 Å². The molecule has 1 aliphatic rings. The lowest BCUT2D eigenvalue weighted by atomic mass is 10.2. The van der Waals surface area contributed by atoms with Gasteiger partial charge in [0.2, 0.25) is 0 Å². The number of hydrogen-bond acceptors (Lipinski definition) is 5. The molecule has 1 N–H and O–H groups in total. The first kappa shape index (κ1) is 11.3. The smallest absolute Gasteiger partial charge is 0.151 e. The van der Waals surface area contributed by atoms with E-state index in [1.54, 1.807) is 0 Å². The maximum atomic E-state index is 5.64. The molecule has 1 aliphatic heterocycles. The van der Waals surface area contributed by atoms with E-state index in [1.807, 2.05) is 26.1 Å². The number of morpholine rings is 1. The lowest BCUT2D eigenvalue weighted by Crippen LogP contribution is -2.46. The summed E-state index contributed by atoms with van der Waals surface area (Å²) >= 11 is 0. The Hall–Kier alpha value is -1.20. The Labute approximate surface area is 95.8 Å². The summed E-state index contributed by atoms with van der Waals surface area (Å²) in [4.78, 5) is 2.22. The van der Waals surface area contributed by atoms with Crippen molar-refractivity contribution in [1.29, 1.82) is 0 Å². The summed E-state index contributed by atoms with van der Waals surface area (Å²) in [5, 5.41) is 11.4. The van der Waals surface area contributed by atoms with Crippen LogP contribution in [0.5, 0.6) is 0 Å². The summed E-state index contributed by atoms with van der Waals surface area (Å²) in [6, 6.07) is 4.01. The third-order valence-corrected chi connectivity index (χ3v) is 2.68. The molecule has 0 saturated carbocycles. The van der Waals surface area contributed by atoms with Crippen LogP contribution in [0.15, 0.2) is 12.1 Å². The van der Waals surface area contributed by atoms with Crippen molar-refractivity contribution >= 4 is 5.82 Å². The Morgan fingerprint density at radius 3 is 3.06 bits per heavy atom. The molecule has 88 valence electrons. The zero-order valence-electron chi connectivity index (χ0n) is 9.81. The molecule has 0 bridgehead atoms. The number of nitrogens with zero attached hydrogens (tertiary/aromatic N) is 3. The summed E-state index contributed by atoms with van der Waals surface area (Å²) in [5.41, 5.74) is 0.948. The van der Waals surface area contributed by atoms with Crippen molar-refractivity contribution in [3.8, 4) is 0 Å². The molecule has 5 heteroatoms. The van der Waals surface area contributed by atoms with E-state index < -0.39 is 0 Å². The second kappa shape index (κ2) is 5.23. The SMILES string of the molecule is CNCC1CN(c2ccc(C)nn2)CCO1. The lowest BCUT2D eigenvalue weighted by Gasteiger charge is -2.33. The van der Waals surface area contributed by atoms with Gasteiger partial charge >= 0.3 is 0 Å². The highest BCUT2D eigenvalue weighted by Gasteiger charge is 2.20. The molecule has 1 fully saturated rings. The quantitative estimate of drug-likeness (QED) is 0.792. The molecule has 5 nitrogen and oxygen atoms in total. The fourth-order valence-corrected chi connectivity index (χ4v) is 1.84. The Morgan fingerprint density at radius 2 is 2.38 bits per heavy atom. The van der Waals surface area contributed by atoms with Crippen LogP contribution in [0.4, 0.5) is 5.82 Å². The molecular formula is C11H18N4O. The first-order valence-corrected chi connectivity index (χ1v) is 5.61. The Balaban J connectivity index is 2.01. The Kier molecular flexibility index (Phi) is 3.69. The number of likely N-dealkylation sites (N-methyl/N-ethyl adjacent to an activating group) is 1. The molecule has 1 atom stereocenters. The lowest BCUT2D eigenvalue weighted by molar-refractivity contribution is 0.0418. The maximum Gasteiger partial charge on any atom is 0.151 e. The molecule has 1 aromatic rings. The average Bonchev–Trinajstić information content (AvgIpc) is 2.31. The minimum absolute atomic E-state index is 0.238. The third-order valence-electron chi connectivity index (χ3n) is 2.68. The molecule has 0 amide bonds. The third kappa shape index (κ3) is 2.68. The number of aromatic nitrogens is 2. The molecule has 0 aliphatic carbocycles. The van der Waals surface area contributed by atoms with Gasteiger partial charge in [-0.3, -0.25) is 0 Å². The van der Waals surface area contributed by atoms with Crippen LogP contribution in [0.3, 0.4) is 0 Å². The van der Waals surface area contributed by atoms with Crippen LogP contribution in [0.25, 0.3) is 0 Å². The largest absolute Gasteiger partial charge is 0.373 e. The van der Waals surface area contributed by atoms with Crippen molar-refractivity contribution in [3.05, 3.63) is 17.8 Å². The predicted molar refractivity (Wildman–Crippen MR) is 62.6 cm³/mol. The number of aryl methyl sites for hydroxylation is 1. The number of anilines is 1. The minimum atomic E-state index is 0.238. The molecule has 1 unspecified atom stereocenters. The van der Waals surface area contributed by atoms with Gasteiger partial charge in [-0.05, 0) is 26.1 Å². The topological polar surface area (TPSA) is 50.3 Å². The van der Waals surface area contributed by atoms with E-state index in [4.69, 9.17) is 4.74 Å². The summed E-state index contributed by atoms with van der Waals surface area (Å²) in [6.07, 6.45) is 0.238. The van der Waals surface area contributed by atoms with Crippen LogP contribution in [0, 0.1) is 6.92 Å².